The highest BCUT2D eigenvalue weighted by atomic mass is 35.5. The number of nitrogens with one attached hydrogen (secondary N) is 1. The molecule has 0 amide bonds. The lowest BCUT2D eigenvalue weighted by Crippen LogP contribution is -2.25. The minimum absolute atomic E-state index is 0.463. The van der Waals surface area contributed by atoms with Gasteiger partial charge >= 0.3 is 0 Å². The smallest absolute Gasteiger partial charge is 0.193 e. The Morgan fingerprint density at radius 2 is 2.20 bits per heavy atom. The van der Waals surface area contributed by atoms with Crippen LogP contribution in [0.1, 0.15) is 45.3 Å². The summed E-state index contributed by atoms with van der Waals surface area (Å²) >= 11 is 5.68. The molecule has 0 saturated carbocycles. The number of halogens is 1. The first-order valence-electron chi connectivity index (χ1n) is 5.70. The highest BCUT2D eigenvalue weighted by molar-refractivity contribution is 6.28. The summed E-state index contributed by atoms with van der Waals surface area (Å²) in [6.07, 6.45) is 5.12. The number of furan rings is 1. The van der Waals surface area contributed by atoms with Gasteiger partial charge in [0.1, 0.15) is 5.76 Å². The molecule has 1 atom stereocenters. The van der Waals surface area contributed by atoms with Crippen molar-refractivity contribution in [2.45, 2.75) is 52.1 Å². The number of hydrogen-bond donors (Lipinski definition) is 1. The molecule has 1 aromatic rings. The van der Waals surface area contributed by atoms with Gasteiger partial charge in [-0.05, 0) is 37.1 Å². The van der Waals surface area contributed by atoms with Crippen LogP contribution in [0.3, 0.4) is 0 Å². The molecule has 0 aliphatic rings. The van der Waals surface area contributed by atoms with Gasteiger partial charge in [-0.25, -0.2) is 0 Å². The molecule has 3 heteroatoms. The zero-order chi connectivity index (χ0) is 11.1. The third-order valence-electron chi connectivity index (χ3n) is 2.49. The average molecular weight is 230 g/mol. The number of rotatable bonds is 7. The van der Waals surface area contributed by atoms with Crippen molar-refractivity contribution in [3.05, 3.63) is 23.1 Å². The van der Waals surface area contributed by atoms with Gasteiger partial charge in [0, 0.05) is 6.04 Å². The van der Waals surface area contributed by atoms with Gasteiger partial charge in [-0.15, -0.1) is 0 Å². The zero-order valence-corrected chi connectivity index (χ0v) is 10.3. The minimum Gasteiger partial charge on any atom is -0.448 e. The molecule has 2 nitrogen and oxygen atoms in total. The Labute approximate surface area is 97.0 Å². The molecule has 0 aliphatic carbocycles. The first-order valence-corrected chi connectivity index (χ1v) is 6.07. The highest BCUT2D eigenvalue weighted by Gasteiger charge is 2.03. The third kappa shape index (κ3) is 5.24. The van der Waals surface area contributed by atoms with Crippen molar-refractivity contribution >= 4 is 11.6 Å². The topological polar surface area (TPSA) is 25.2 Å². The van der Waals surface area contributed by atoms with E-state index >= 15 is 0 Å². The van der Waals surface area contributed by atoms with E-state index in [1.807, 2.05) is 6.07 Å². The second kappa shape index (κ2) is 6.91. The van der Waals surface area contributed by atoms with Gasteiger partial charge in [0.15, 0.2) is 5.22 Å². The van der Waals surface area contributed by atoms with Gasteiger partial charge < -0.3 is 9.73 Å². The average Bonchev–Trinajstić information content (AvgIpc) is 2.62. The Kier molecular flexibility index (Phi) is 5.81. The molecule has 1 N–H and O–H groups in total. The summed E-state index contributed by atoms with van der Waals surface area (Å²) in [6.45, 7) is 5.20. The van der Waals surface area contributed by atoms with E-state index in [9.17, 15) is 0 Å². The Morgan fingerprint density at radius 1 is 1.40 bits per heavy atom. The molecule has 0 bridgehead atoms. The standard InChI is InChI=1S/C12H20ClNO/c1-3-4-5-6-10(2)14-9-11-7-8-12(13)15-11/h7-8,10,14H,3-6,9H2,1-2H3. The molecule has 1 aromatic heterocycles. The van der Waals surface area contributed by atoms with Crippen LogP contribution in [-0.2, 0) is 6.54 Å². The van der Waals surface area contributed by atoms with Crippen LogP contribution in [0.5, 0.6) is 0 Å². The molecule has 0 fully saturated rings. The van der Waals surface area contributed by atoms with E-state index in [1.165, 1.54) is 25.7 Å². The lowest BCUT2D eigenvalue weighted by molar-refractivity contribution is 0.435. The van der Waals surface area contributed by atoms with Crippen LogP contribution >= 0.6 is 11.6 Å². The van der Waals surface area contributed by atoms with E-state index in [-0.39, 0.29) is 0 Å². The van der Waals surface area contributed by atoms with Gasteiger partial charge in [0.25, 0.3) is 0 Å². The van der Waals surface area contributed by atoms with E-state index in [1.54, 1.807) is 6.07 Å². The summed E-state index contributed by atoms with van der Waals surface area (Å²) in [6, 6.07) is 4.23. The summed E-state index contributed by atoms with van der Waals surface area (Å²) in [5.41, 5.74) is 0. The largest absolute Gasteiger partial charge is 0.448 e. The molecule has 15 heavy (non-hydrogen) atoms. The Bertz CT molecular complexity index is 272. The lowest BCUT2D eigenvalue weighted by Gasteiger charge is -2.11. The molecule has 0 aromatic carbocycles. The maximum Gasteiger partial charge on any atom is 0.193 e. The molecule has 0 saturated heterocycles. The van der Waals surface area contributed by atoms with Crippen molar-refractivity contribution in [2.75, 3.05) is 0 Å². The van der Waals surface area contributed by atoms with E-state index < -0.39 is 0 Å². The summed E-state index contributed by atoms with van der Waals surface area (Å²) in [5, 5.41) is 3.88. The first-order chi connectivity index (χ1) is 7.22. The van der Waals surface area contributed by atoms with E-state index in [0.717, 1.165) is 12.3 Å². The van der Waals surface area contributed by atoms with Gasteiger partial charge in [0.2, 0.25) is 0 Å². The maximum absolute atomic E-state index is 5.68. The third-order valence-corrected chi connectivity index (χ3v) is 2.70. The summed E-state index contributed by atoms with van der Waals surface area (Å²) in [7, 11) is 0. The molecule has 0 radical (unpaired) electrons. The molecular weight excluding hydrogens is 210 g/mol. The van der Waals surface area contributed by atoms with E-state index in [4.69, 9.17) is 16.0 Å². The summed E-state index contributed by atoms with van der Waals surface area (Å²) < 4.78 is 5.26. The van der Waals surface area contributed by atoms with E-state index in [2.05, 4.69) is 19.2 Å². The van der Waals surface area contributed by atoms with Crippen LogP contribution in [0, 0.1) is 0 Å². The summed E-state index contributed by atoms with van der Waals surface area (Å²) in [4.78, 5) is 0. The van der Waals surface area contributed by atoms with Crippen LogP contribution < -0.4 is 5.32 Å². The SMILES string of the molecule is CCCCCC(C)NCc1ccc(Cl)o1. The molecule has 86 valence electrons. The Balaban J connectivity index is 2.13. The van der Waals surface area contributed by atoms with Crippen LogP contribution in [0.15, 0.2) is 16.5 Å². The molecule has 0 aliphatic heterocycles. The van der Waals surface area contributed by atoms with Gasteiger partial charge in [-0.2, -0.15) is 0 Å². The fraction of sp³-hybridized carbons (Fsp3) is 0.667. The quantitative estimate of drug-likeness (QED) is 0.716. The van der Waals surface area contributed by atoms with Crippen molar-refractivity contribution in [3.63, 3.8) is 0 Å². The molecule has 1 rings (SSSR count). The zero-order valence-electron chi connectivity index (χ0n) is 9.55. The number of unbranched alkanes of at least 4 members (excludes halogenated alkanes) is 2. The Morgan fingerprint density at radius 3 is 2.80 bits per heavy atom. The molecule has 1 unspecified atom stereocenters. The minimum atomic E-state index is 0.463. The van der Waals surface area contributed by atoms with Crippen LogP contribution in [0.4, 0.5) is 0 Å². The number of hydrogen-bond acceptors (Lipinski definition) is 2. The van der Waals surface area contributed by atoms with Gasteiger partial charge in [0.05, 0.1) is 6.54 Å². The fourth-order valence-electron chi connectivity index (χ4n) is 1.52. The molecular formula is C12H20ClNO. The Hall–Kier alpha value is -0.470. The van der Waals surface area contributed by atoms with Crippen molar-refractivity contribution in [1.29, 1.82) is 0 Å². The monoisotopic (exact) mass is 229 g/mol. The summed E-state index contributed by atoms with van der Waals surface area (Å²) in [5.74, 6) is 0.905. The normalized spacial score (nSPS) is 13.0. The van der Waals surface area contributed by atoms with Gasteiger partial charge in [-0.3, -0.25) is 0 Å². The van der Waals surface area contributed by atoms with E-state index in [0.29, 0.717) is 11.3 Å². The second-order valence-corrected chi connectivity index (χ2v) is 4.36. The molecule has 1 heterocycles. The molecule has 0 spiro atoms. The lowest BCUT2D eigenvalue weighted by atomic mass is 10.1. The van der Waals surface area contributed by atoms with Crippen molar-refractivity contribution < 1.29 is 4.42 Å². The van der Waals surface area contributed by atoms with Crippen molar-refractivity contribution in [2.24, 2.45) is 0 Å². The van der Waals surface area contributed by atoms with Gasteiger partial charge in [-0.1, -0.05) is 26.2 Å². The first kappa shape index (κ1) is 12.6. The predicted molar refractivity (Wildman–Crippen MR) is 64.2 cm³/mol. The predicted octanol–water partition coefficient (Wildman–Crippen LogP) is 3.99. The van der Waals surface area contributed by atoms with Crippen LogP contribution in [-0.4, -0.2) is 6.04 Å². The van der Waals surface area contributed by atoms with Crippen LogP contribution in [0.2, 0.25) is 5.22 Å². The second-order valence-electron chi connectivity index (χ2n) is 3.98. The maximum atomic E-state index is 5.68. The van der Waals surface area contributed by atoms with Crippen molar-refractivity contribution in [1.82, 2.24) is 5.32 Å². The van der Waals surface area contributed by atoms with Crippen molar-refractivity contribution in [3.8, 4) is 0 Å². The fourth-order valence-corrected chi connectivity index (χ4v) is 1.69. The highest BCUT2D eigenvalue weighted by Crippen LogP contribution is 2.13. The van der Waals surface area contributed by atoms with Crippen LogP contribution in [0.25, 0.3) is 0 Å².